The Morgan fingerprint density at radius 1 is 1.35 bits per heavy atom. The van der Waals surface area contributed by atoms with Gasteiger partial charge in [-0.05, 0) is 25.3 Å². The zero-order chi connectivity index (χ0) is 16.5. The van der Waals surface area contributed by atoms with E-state index in [0.29, 0.717) is 13.0 Å². The van der Waals surface area contributed by atoms with E-state index >= 15 is 0 Å². The number of benzene rings is 1. The maximum atomic E-state index is 12.0. The first-order valence-corrected chi connectivity index (χ1v) is 8.68. The number of amides is 2. The van der Waals surface area contributed by atoms with Crippen LogP contribution in [-0.4, -0.2) is 29.3 Å². The standard InChI is InChI=1S/C17H23N3O2S/c1-13-12-23-16(19-13)8-5-10-18-17(22)20-15(9-11-21)14-6-3-2-4-7-14/h2-4,6-7,12,15,21H,5,8-11H2,1H3,(H2,18,20,22)/t15-/m1/s1. The summed E-state index contributed by atoms with van der Waals surface area (Å²) in [5.41, 5.74) is 2.04. The minimum atomic E-state index is -0.206. The van der Waals surface area contributed by atoms with Crippen LogP contribution in [0, 0.1) is 6.92 Å². The first kappa shape index (κ1) is 17.4. The molecule has 6 heteroatoms. The Labute approximate surface area is 140 Å². The molecule has 0 radical (unpaired) electrons. The monoisotopic (exact) mass is 333 g/mol. The number of carbonyl (C=O) groups is 1. The molecular weight excluding hydrogens is 310 g/mol. The van der Waals surface area contributed by atoms with Crippen molar-refractivity contribution in [1.82, 2.24) is 15.6 Å². The van der Waals surface area contributed by atoms with Gasteiger partial charge in [0.05, 0.1) is 11.0 Å². The summed E-state index contributed by atoms with van der Waals surface area (Å²) in [6, 6.07) is 9.30. The molecule has 0 saturated heterocycles. The van der Waals surface area contributed by atoms with Gasteiger partial charge in [-0.3, -0.25) is 0 Å². The molecule has 1 aromatic carbocycles. The summed E-state index contributed by atoms with van der Waals surface area (Å²) < 4.78 is 0. The third-order valence-electron chi connectivity index (χ3n) is 3.44. The van der Waals surface area contributed by atoms with Crippen LogP contribution < -0.4 is 10.6 Å². The zero-order valence-electron chi connectivity index (χ0n) is 13.3. The molecule has 0 aliphatic heterocycles. The maximum Gasteiger partial charge on any atom is 0.315 e. The molecule has 124 valence electrons. The lowest BCUT2D eigenvalue weighted by Crippen LogP contribution is -2.38. The lowest BCUT2D eigenvalue weighted by molar-refractivity contribution is 0.229. The highest BCUT2D eigenvalue weighted by molar-refractivity contribution is 7.09. The topological polar surface area (TPSA) is 74.2 Å². The van der Waals surface area contributed by atoms with Crippen molar-refractivity contribution in [3.8, 4) is 0 Å². The maximum absolute atomic E-state index is 12.0. The lowest BCUT2D eigenvalue weighted by atomic mass is 10.0. The van der Waals surface area contributed by atoms with Gasteiger partial charge in [0.2, 0.25) is 0 Å². The smallest absolute Gasteiger partial charge is 0.315 e. The van der Waals surface area contributed by atoms with E-state index in [9.17, 15) is 9.90 Å². The van der Waals surface area contributed by atoms with E-state index < -0.39 is 0 Å². The van der Waals surface area contributed by atoms with Crippen molar-refractivity contribution in [2.24, 2.45) is 0 Å². The SMILES string of the molecule is Cc1csc(CCCNC(=O)N[C@H](CCO)c2ccccc2)n1. The van der Waals surface area contributed by atoms with E-state index in [-0.39, 0.29) is 18.7 Å². The number of carbonyl (C=O) groups excluding carboxylic acids is 1. The first-order valence-electron chi connectivity index (χ1n) is 7.80. The normalized spacial score (nSPS) is 11.9. The van der Waals surface area contributed by atoms with Crippen LogP contribution in [0.5, 0.6) is 0 Å². The predicted molar refractivity (Wildman–Crippen MR) is 92.6 cm³/mol. The van der Waals surface area contributed by atoms with Crippen molar-refractivity contribution in [1.29, 1.82) is 0 Å². The lowest BCUT2D eigenvalue weighted by Gasteiger charge is -2.18. The second kappa shape index (κ2) is 9.27. The number of urea groups is 1. The van der Waals surface area contributed by atoms with Gasteiger partial charge in [0, 0.05) is 30.6 Å². The highest BCUT2D eigenvalue weighted by Crippen LogP contribution is 2.15. The van der Waals surface area contributed by atoms with Gasteiger partial charge in [-0.25, -0.2) is 9.78 Å². The molecule has 2 rings (SSSR count). The Balaban J connectivity index is 1.73. The van der Waals surface area contributed by atoms with Gasteiger partial charge >= 0.3 is 6.03 Å². The fourth-order valence-electron chi connectivity index (χ4n) is 2.30. The predicted octanol–water partition coefficient (Wildman–Crippen LogP) is 2.81. The highest BCUT2D eigenvalue weighted by Gasteiger charge is 2.13. The molecule has 1 aromatic heterocycles. The van der Waals surface area contributed by atoms with Gasteiger partial charge in [-0.2, -0.15) is 0 Å². The Morgan fingerprint density at radius 3 is 2.78 bits per heavy atom. The Bertz CT molecular complexity index is 601. The molecule has 0 bridgehead atoms. The van der Waals surface area contributed by atoms with Crippen molar-refractivity contribution >= 4 is 17.4 Å². The summed E-state index contributed by atoms with van der Waals surface area (Å²) in [7, 11) is 0. The molecular formula is C17H23N3O2S. The largest absolute Gasteiger partial charge is 0.396 e. The number of aliphatic hydroxyl groups excluding tert-OH is 1. The van der Waals surface area contributed by atoms with Crippen molar-refractivity contribution < 1.29 is 9.90 Å². The summed E-state index contributed by atoms with van der Waals surface area (Å²) >= 11 is 1.66. The molecule has 1 atom stereocenters. The van der Waals surface area contributed by atoms with Crippen LogP contribution in [0.3, 0.4) is 0 Å². The summed E-state index contributed by atoms with van der Waals surface area (Å²) in [6.45, 7) is 2.62. The van der Waals surface area contributed by atoms with Gasteiger partial charge in [0.15, 0.2) is 0 Å². The molecule has 23 heavy (non-hydrogen) atoms. The van der Waals surface area contributed by atoms with Crippen LogP contribution in [0.25, 0.3) is 0 Å². The van der Waals surface area contributed by atoms with E-state index in [1.165, 1.54) is 0 Å². The Kier molecular flexibility index (Phi) is 7.03. The number of hydrogen-bond donors (Lipinski definition) is 3. The molecule has 2 amide bonds. The van der Waals surface area contributed by atoms with Gasteiger partial charge in [-0.15, -0.1) is 11.3 Å². The van der Waals surface area contributed by atoms with Crippen LogP contribution in [0.15, 0.2) is 35.7 Å². The highest BCUT2D eigenvalue weighted by atomic mass is 32.1. The Morgan fingerprint density at radius 2 is 2.13 bits per heavy atom. The second-order valence-corrected chi connectivity index (χ2v) is 6.30. The van der Waals surface area contributed by atoms with Crippen molar-refractivity contribution in [2.45, 2.75) is 32.2 Å². The summed E-state index contributed by atoms with van der Waals surface area (Å²) in [5.74, 6) is 0. The average Bonchev–Trinajstić information content (AvgIpc) is 2.97. The van der Waals surface area contributed by atoms with Gasteiger partial charge in [-0.1, -0.05) is 30.3 Å². The number of aryl methyl sites for hydroxylation is 2. The van der Waals surface area contributed by atoms with E-state index in [2.05, 4.69) is 15.6 Å². The summed E-state index contributed by atoms with van der Waals surface area (Å²) in [5, 5.41) is 18.1. The van der Waals surface area contributed by atoms with Crippen molar-refractivity contribution in [2.75, 3.05) is 13.2 Å². The van der Waals surface area contributed by atoms with Crippen LogP contribution in [0.4, 0.5) is 4.79 Å². The molecule has 0 spiro atoms. The van der Waals surface area contributed by atoms with Crippen LogP contribution >= 0.6 is 11.3 Å². The Hall–Kier alpha value is -1.92. The molecule has 1 heterocycles. The van der Waals surface area contributed by atoms with Crippen molar-refractivity contribution in [3.63, 3.8) is 0 Å². The molecule has 0 unspecified atom stereocenters. The number of hydrogen-bond acceptors (Lipinski definition) is 4. The fourth-order valence-corrected chi connectivity index (χ4v) is 3.12. The number of aromatic nitrogens is 1. The molecule has 3 N–H and O–H groups in total. The second-order valence-electron chi connectivity index (χ2n) is 5.36. The summed E-state index contributed by atoms with van der Waals surface area (Å²) in [6.07, 6.45) is 2.23. The van der Waals surface area contributed by atoms with E-state index in [1.807, 2.05) is 42.6 Å². The minimum Gasteiger partial charge on any atom is -0.396 e. The third-order valence-corrected chi connectivity index (χ3v) is 4.47. The number of aliphatic hydroxyl groups is 1. The van der Waals surface area contributed by atoms with Gasteiger partial charge in [0.1, 0.15) is 0 Å². The average molecular weight is 333 g/mol. The quantitative estimate of drug-likeness (QED) is 0.650. The molecule has 0 saturated carbocycles. The van der Waals surface area contributed by atoms with Crippen LogP contribution in [0.1, 0.15) is 35.1 Å². The number of nitrogens with one attached hydrogen (secondary N) is 2. The number of nitrogens with zero attached hydrogens (tertiary/aromatic N) is 1. The molecule has 0 fully saturated rings. The first-order chi connectivity index (χ1) is 11.2. The number of thiazole rings is 1. The minimum absolute atomic E-state index is 0.0310. The number of rotatable bonds is 8. The van der Waals surface area contributed by atoms with Gasteiger partial charge < -0.3 is 15.7 Å². The van der Waals surface area contributed by atoms with Crippen LogP contribution in [-0.2, 0) is 6.42 Å². The van der Waals surface area contributed by atoms with E-state index in [4.69, 9.17) is 0 Å². The molecule has 2 aromatic rings. The van der Waals surface area contributed by atoms with E-state index in [1.54, 1.807) is 11.3 Å². The fraction of sp³-hybridized carbons (Fsp3) is 0.412. The molecule has 0 aliphatic carbocycles. The van der Waals surface area contributed by atoms with Crippen LogP contribution in [0.2, 0.25) is 0 Å². The molecule has 5 nitrogen and oxygen atoms in total. The third kappa shape index (κ3) is 6.00. The summed E-state index contributed by atoms with van der Waals surface area (Å²) in [4.78, 5) is 16.4. The molecule has 0 aliphatic rings. The zero-order valence-corrected chi connectivity index (χ0v) is 14.1. The van der Waals surface area contributed by atoms with Crippen molar-refractivity contribution in [3.05, 3.63) is 52.0 Å². The van der Waals surface area contributed by atoms with E-state index in [0.717, 1.165) is 29.1 Å². The van der Waals surface area contributed by atoms with Gasteiger partial charge in [0.25, 0.3) is 0 Å².